The number of nitrogens with zero attached hydrogens (tertiary/aromatic N) is 3. The third kappa shape index (κ3) is 2.84. The Labute approximate surface area is 102 Å². The van der Waals surface area contributed by atoms with Gasteiger partial charge in [0.25, 0.3) is 0 Å². The summed E-state index contributed by atoms with van der Waals surface area (Å²) < 4.78 is 5.01. The highest BCUT2D eigenvalue weighted by Crippen LogP contribution is 2.29. The van der Waals surface area contributed by atoms with Crippen LogP contribution in [0.15, 0.2) is 4.52 Å². The molecule has 0 radical (unpaired) electrons. The van der Waals surface area contributed by atoms with Crippen LogP contribution in [0.3, 0.4) is 0 Å². The fraction of sp³-hybridized carbons (Fsp3) is 0.833. The lowest BCUT2D eigenvalue weighted by atomic mass is 10.0. The first-order valence-corrected chi connectivity index (χ1v) is 6.48. The molecule has 0 bridgehead atoms. The van der Waals surface area contributed by atoms with Crippen molar-refractivity contribution in [2.45, 2.75) is 45.7 Å². The Morgan fingerprint density at radius 2 is 2.29 bits per heavy atom. The van der Waals surface area contributed by atoms with Crippen molar-refractivity contribution in [2.24, 2.45) is 11.7 Å². The van der Waals surface area contributed by atoms with Gasteiger partial charge in [-0.3, -0.25) is 4.90 Å². The maximum atomic E-state index is 5.84. The molecule has 17 heavy (non-hydrogen) atoms. The zero-order chi connectivity index (χ0) is 12.3. The number of aryl methyl sites for hydroxylation is 1. The van der Waals surface area contributed by atoms with E-state index in [1.165, 1.54) is 19.3 Å². The minimum Gasteiger partial charge on any atom is -0.340 e. The third-order valence-corrected chi connectivity index (χ3v) is 3.71. The molecule has 1 aromatic rings. The van der Waals surface area contributed by atoms with Crippen LogP contribution in [0, 0.1) is 12.8 Å². The first-order valence-electron chi connectivity index (χ1n) is 6.48. The number of nitrogens with two attached hydrogens (primary N) is 1. The van der Waals surface area contributed by atoms with Crippen LogP contribution in [0.2, 0.25) is 0 Å². The molecule has 5 nitrogen and oxygen atoms in total. The molecule has 2 N–H and O–H groups in total. The molecule has 2 unspecified atom stereocenters. The lowest BCUT2D eigenvalue weighted by Crippen LogP contribution is -2.40. The highest BCUT2D eigenvalue weighted by Gasteiger charge is 2.30. The quantitative estimate of drug-likeness (QED) is 0.838. The second-order valence-corrected chi connectivity index (χ2v) is 4.79. The Bertz CT molecular complexity index is 352. The monoisotopic (exact) mass is 238 g/mol. The van der Waals surface area contributed by atoms with Gasteiger partial charge in [-0.05, 0) is 31.8 Å². The highest BCUT2D eigenvalue weighted by atomic mass is 16.5. The molecule has 1 saturated carbocycles. The molecular formula is C12H22N4O. The van der Waals surface area contributed by atoms with Crippen LogP contribution in [-0.2, 0) is 6.54 Å². The fourth-order valence-corrected chi connectivity index (χ4v) is 2.82. The molecule has 1 aromatic heterocycles. The SMILES string of the molecule is CCN(Cc1noc(C)n1)C1CCCC1CN. The molecule has 96 valence electrons. The van der Waals surface area contributed by atoms with Crippen molar-refractivity contribution in [3.8, 4) is 0 Å². The molecular weight excluding hydrogens is 216 g/mol. The maximum absolute atomic E-state index is 5.84. The van der Waals surface area contributed by atoms with Crippen molar-refractivity contribution in [1.29, 1.82) is 0 Å². The van der Waals surface area contributed by atoms with E-state index in [1.54, 1.807) is 0 Å². The first kappa shape index (κ1) is 12.5. The summed E-state index contributed by atoms with van der Waals surface area (Å²) >= 11 is 0. The third-order valence-electron chi connectivity index (χ3n) is 3.71. The van der Waals surface area contributed by atoms with Crippen LogP contribution in [-0.4, -0.2) is 34.2 Å². The minimum absolute atomic E-state index is 0.587. The van der Waals surface area contributed by atoms with Gasteiger partial charge in [-0.25, -0.2) is 0 Å². The Morgan fingerprint density at radius 3 is 2.88 bits per heavy atom. The summed E-state index contributed by atoms with van der Waals surface area (Å²) in [6.07, 6.45) is 3.78. The standard InChI is InChI=1S/C12H22N4O/c1-3-16(8-12-14-9(2)17-15-12)11-6-4-5-10(11)7-13/h10-11H,3-8,13H2,1-2H3. The van der Waals surface area contributed by atoms with Crippen LogP contribution in [0.4, 0.5) is 0 Å². The minimum atomic E-state index is 0.587. The average Bonchev–Trinajstić information content (AvgIpc) is 2.94. The summed E-state index contributed by atoms with van der Waals surface area (Å²) in [5.41, 5.74) is 5.84. The van der Waals surface area contributed by atoms with Crippen molar-refractivity contribution in [2.75, 3.05) is 13.1 Å². The lowest BCUT2D eigenvalue weighted by molar-refractivity contribution is 0.156. The molecule has 0 aliphatic heterocycles. The summed E-state index contributed by atoms with van der Waals surface area (Å²) in [7, 11) is 0. The van der Waals surface area contributed by atoms with Crippen LogP contribution < -0.4 is 5.73 Å². The Balaban J connectivity index is 2.00. The topological polar surface area (TPSA) is 68.2 Å². The molecule has 5 heteroatoms. The summed E-state index contributed by atoms with van der Waals surface area (Å²) in [4.78, 5) is 6.70. The van der Waals surface area contributed by atoms with Gasteiger partial charge in [0.1, 0.15) is 0 Å². The zero-order valence-corrected chi connectivity index (χ0v) is 10.7. The van der Waals surface area contributed by atoms with Crippen LogP contribution in [0.5, 0.6) is 0 Å². The van der Waals surface area contributed by atoms with E-state index in [1.807, 2.05) is 6.92 Å². The van der Waals surface area contributed by atoms with Crippen molar-refractivity contribution >= 4 is 0 Å². The van der Waals surface area contributed by atoms with E-state index >= 15 is 0 Å². The molecule has 0 aromatic carbocycles. The molecule has 0 saturated heterocycles. The molecule has 1 aliphatic rings. The highest BCUT2D eigenvalue weighted by molar-refractivity contribution is 4.90. The molecule has 2 rings (SSSR count). The van der Waals surface area contributed by atoms with E-state index in [0.717, 1.165) is 25.5 Å². The van der Waals surface area contributed by atoms with Gasteiger partial charge in [0, 0.05) is 13.0 Å². The predicted molar refractivity (Wildman–Crippen MR) is 65.3 cm³/mol. The van der Waals surface area contributed by atoms with Crippen molar-refractivity contribution in [3.05, 3.63) is 11.7 Å². The van der Waals surface area contributed by atoms with E-state index in [4.69, 9.17) is 10.3 Å². The Hall–Kier alpha value is -0.940. The van der Waals surface area contributed by atoms with Crippen molar-refractivity contribution in [3.63, 3.8) is 0 Å². The van der Waals surface area contributed by atoms with E-state index in [9.17, 15) is 0 Å². The Morgan fingerprint density at radius 1 is 1.47 bits per heavy atom. The smallest absolute Gasteiger partial charge is 0.223 e. The second-order valence-electron chi connectivity index (χ2n) is 4.79. The molecule has 1 heterocycles. The summed E-state index contributed by atoms with van der Waals surface area (Å²) in [5.74, 6) is 2.05. The van der Waals surface area contributed by atoms with E-state index in [-0.39, 0.29) is 0 Å². The normalized spacial score (nSPS) is 24.7. The first-order chi connectivity index (χ1) is 8.24. The molecule has 0 amide bonds. The van der Waals surface area contributed by atoms with Crippen LogP contribution in [0.25, 0.3) is 0 Å². The van der Waals surface area contributed by atoms with Crippen molar-refractivity contribution in [1.82, 2.24) is 15.0 Å². The van der Waals surface area contributed by atoms with E-state index in [0.29, 0.717) is 17.9 Å². The lowest BCUT2D eigenvalue weighted by Gasteiger charge is -2.30. The number of hydrogen-bond acceptors (Lipinski definition) is 5. The molecule has 1 fully saturated rings. The molecule has 0 spiro atoms. The molecule has 2 atom stereocenters. The van der Waals surface area contributed by atoms with E-state index < -0.39 is 0 Å². The van der Waals surface area contributed by atoms with E-state index in [2.05, 4.69) is 22.0 Å². The fourth-order valence-electron chi connectivity index (χ4n) is 2.82. The van der Waals surface area contributed by atoms with Gasteiger partial charge in [0.2, 0.25) is 5.89 Å². The van der Waals surface area contributed by atoms with Gasteiger partial charge in [-0.15, -0.1) is 0 Å². The summed E-state index contributed by atoms with van der Waals surface area (Å²) in [5, 5.41) is 3.97. The number of aromatic nitrogens is 2. The number of rotatable bonds is 5. The number of hydrogen-bond donors (Lipinski definition) is 1. The largest absolute Gasteiger partial charge is 0.340 e. The maximum Gasteiger partial charge on any atom is 0.223 e. The zero-order valence-electron chi connectivity index (χ0n) is 10.7. The Kier molecular flexibility index (Phi) is 4.12. The van der Waals surface area contributed by atoms with Gasteiger partial charge in [-0.2, -0.15) is 4.98 Å². The van der Waals surface area contributed by atoms with Crippen LogP contribution in [0.1, 0.15) is 37.9 Å². The van der Waals surface area contributed by atoms with Crippen LogP contribution >= 0.6 is 0 Å². The van der Waals surface area contributed by atoms with Crippen molar-refractivity contribution < 1.29 is 4.52 Å². The average molecular weight is 238 g/mol. The van der Waals surface area contributed by atoms with Gasteiger partial charge < -0.3 is 10.3 Å². The predicted octanol–water partition coefficient (Wildman–Crippen LogP) is 1.33. The van der Waals surface area contributed by atoms with Gasteiger partial charge in [0.15, 0.2) is 5.82 Å². The van der Waals surface area contributed by atoms with Gasteiger partial charge in [-0.1, -0.05) is 18.5 Å². The molecule has 1 aliphatic carbocycles. The summed E-state index contributed by atoms with van der Waals surface area (Å²) in [6.45, 7) is 6.57. The van der Waals surface area contributed by atoms with Gasteiger partial charge in [0.05, 0.1) is 6.54 Å². The van der Waals surface area contributed by atoms with Gasteiger partial charge >= 0.3 is 0 Å². The second kappa shape index (κ2) is 5.60. The summed E-state index contributed by atoms with van der Waals surface area (Å²) in [6, 6.07) is 0.587.